The second-order valence-electron chi connectivity index (χ2n) is 3.76. The normalized spacial score (nSPS) is 13.7. The lowest BCUT2D eigenvalue weighted by Gasteiger charge is -2.20. The summed E-state index contributed by atoms with van der Waals surface area (Å²) in [4.78, 5) is 3.83. The maximum absolute atomic E-state index is 12.8. The van der Waals surface area contributed by atoms with Gasteiger partial charge < -0.3 is 10.4 Å². The van der Waals surface area contributed by atoms with Gasteiger partial charge >= 0.3 is 0 Å². The Morgan fingerprint density at radius 3 is 2.65 bits per heavy atom. The summed E-state index contributed by atoms with van der Waals surface area (Å²) in [5.74, 6) is -3.63. The van der Waals surface area contributed by atoms with Gasteiger partial charge in [0.05, 0.1) is 18.4 Å². The highest BCUT2D eigenvalue weighted by molar-refractivity contribution is 5.09. The Morgan fingerprint density at radius 2 is 2.18 bits per heavy atom. The number of nitrogens with zero attached hydrogens (tertiary/aromatic N) is 1. The summed E-state index contributed by atoms with van der Waals surface area (Å²) in [6.45, 7) is -0.0336. The van der Waals surface area contributed by atoms with Crippen LogP contribution >= 0.6 is 0 Å². The zero-order chi connectivity index (χ0) is 12.9. The molecule has 1 atom stereocenters. The molecule has 96 valence electrons. The standard InChI is InChI=1S/C11H15F3N2O/c1-2-9(16-6-11(13,14)7-17)10-4-3-8(12)5-15-10/h3-5,9,16-17H,2,6-7H2,1H3. The molecule has 3 nitrogen and oxygen atoms in total. The molecule has 1 unspecified atom stereocenters. The number of alkyl halides is 2. The van der Waals surface area contributed by atoms with E-state index in [-0.39, 0.29) is 6.04 Å². The maximum Gasteiger partial charge on any atom is 0.282 e. The predicted molar refractivity (Wildman–Crippen MR) is 57.3 cm³/mol. The fourth-order valence-corrected chi connectivity index (χ4v) is 1.38. The van der Waals surface area contributed by atoms with Crippen molar-refractivity contribution in [1.82, 2.24) is 10.3 Å². The zero-order valence-electron chi connectivity index (χ0n) is 9.46. The third-order valence-electron chi connectivity index (χ3n) is 2.35. The lowest BCUT2D eigenvalue weighted by molar-refractivity contribution is -0.0495. The van der Waals surface area contributed by atoms with Gasteiger partial charge in [-0.2, -0.15) is 0 Å². The lowest BCUT2D eigenvalue weighted by Crippen LogP contribution is -2.37. The van der Waals surface area contributed by atoms with Crippen molar-refractivity contribution in [2.24, 2.45) is 0 Å². The molecule has 17 heavy (non-hydrogen) atoms. The van der Waals surface area contributed by atoms with Crippen molar-refractivity contribution in [3.05, 3.63) is 29.8 Å². The molecule has 0 saturated carbocycles. The van der Waals surface area contributed by atoms with E-state index in [1.54, 1.807) is 6.92 Å². The van der Waals surface area contributed by atoms with Gasteiger partial charge in [-0.15, -0.1) is 0 Å². The summed E-state index contributed by atoms with van der Waals surface area (Å²) >= 11 is 0. The van der Waals surface area contributed by atoms with E-state index in [4.69, 9.17) is 5.11 Å². The molecule has 0 radical (unpaired) electrons. The number of rotatable bonds is 6. The molecule has 1 aromatic heterocycles. The van der Waals surface area contributed by atoms with Crippen molar-refractivity contribution >= 4 is 0 Å². The van der Waals surface area contributed by atoms with E-state index in [2.05, 4.69) is 10.3 Å². The van der Waals surface area contributed by atoms with Crippen LogP contribution in [-0.4, -0.2) is 29.2 Å². The zero-order valence-corrected chi connectivity index (χ0v) is 9.46. The Bertz CT molecular complexity index is 343. The van der Waals surface area contributed by atoms with Crippen LogP contribution in [-0.2, 0) is 0 Å². The van der Waals surface area contributed by atoms with Crippen molar-refractivity contribution in [3.63, 3.8) is 0 Å². The van der Waals surface area contributed by atoms with Crippen LogP contribution in [0.4, 0.5) is 13.2 Å². The summed E-state index contributed by atoms with van der Waals surface area (Å²) in [6.07, 6.45) is 1.59. The molecule has 1 rings (SSSR count). The number of aliphatic hydroxyl groups excluding tert-OH is 1. The van der Waals surface area contributed by atoms with Crippen LogP contribution in [0.5, 0.6) is 0 Å². The van der Waals surface area contributed by atoms with Gasteiger partial charge in [-0.3, -0.25) is 4.98 Å². The molecule has 1 heterocycles. The first-order valence-corrected chi connectivity index (χ1v) is 5.32. The molecule has 0 aromatic carbocycles. The first kappa shape index (κ1) is 13.9. The summed E-state index contributed by atoms with van der Waals surface area (Å²) in [5, 5.41) is 11.0. The molecular formula is C11H15F3N2O. The van der Waals surface area contributed by atoms with Gasteiger partial charge in [0.15, 0.2) is 0 Å². The highest BCUT2D eigenvalue weighted by Gasteiger charge is 2.28. The van der Waals surface area contributed by atoms with Gasteiger partial charge in [0, 0.05) is 6.04 Å². The minimum absolute atomic E-state index is 0.381. The summed E-state index contributed by atoms with van der Waals surface area (Å²) < 4.78 is 38.3. The number of halogens is 3. The molecule has 6 heteroatoms. The van der Waals surface area contributed by atoms with Gasteiger partial charge in [0.2, 0.25) is 0 Å². The Hall–Kier alpha value is -1.14. The molecule has 0 aliphatic rings. The number of pyridine rings is 1. The monoisotopic (exact) mass is 248 g/mol. The van der Waals surface area contributed by atoms with Crippen LogP contribution in [0.15, 0.2) is 18.3 Å². The largest absolute Gasteiger partial charge is 0.390 e. The molecule has 0 saturated heterocycles. The van der Waals surface area contributed by atoms with Crippen molar-refractivity contribution in [3.8, 4) is 0 Å². The number of nitrogens with one attached hydrogen (secondary N) is 1. The van der Waals surface area contributed by atoms with Crippen LogP contribution in [0, 0.1) is 5.82 Å². The molecule has 0 fully saturated rings. The second kappa shape index (κ2) is 5.97. The van der Waals surface area contributed by atoms with Crippen molar-refractivity contribution < 1.29 is 18.3 Å². The highest BCUT2D eigenvalue weighted by Crippen LogP contribution is 2.17. The topological polar surface area (TPSA) is 45.1 Å². The van der Waals surface area contributed by atoms with Crippen LogP contribution in [0.1, 0.15) is 25.1 Å². The first-order chi connectivity index (χ1) is 7.98. The number of aliphatic hydroxyl groups is 1. The van der Waals surface area contributed by atoms with Crippen molar-refractivity contribution in [2.45, 2.75) is 25.3 Å². The third-order valence-corrected chi connectivity index (χ3v) is 2.35. The van der Waals surface area contributed by atoms with Gasteiger partial charge in [0.25, 0.3) is 5.92 Å². The van der Waals surface area contributed by atoms with E-state index in [9.17, 15) is 13.2 Å². The number of hydrogen-bond donors (Lipinski definition) is 2. The van der Waals surface area contributed by atoms with E-state index >= 15 is 0 Å². The molecule has 0 aliphatic heterocycles. The van der Waals surface area contributed by atoms with Crippen LogP contribution in [0.2, 0.25) is 0 Å². The Morgan fingerprint density at radius 1 is 1.47 bits per heavy atom. The van der Waals surface area contributed by atoms with Crippen molar-refractivity contribution in [1.29, 1.82) is 0 Å². The van der Waals surface area contributed by atoms with Crippen LogP contribution in [0.25, 0.3) is 0 Å². The first-order valence-electron chi connectivity index (χ1n) is 5.32. The molecule has 0 amide bonds. The Kier molecular flexibility index (Phi) is 4.89. The quantitative estimate of drug-likeness (QED) is 0.808. The summed E-state index contributed by atoms with van der Waals surface area (Å²) in [6, 6.07) is 2.30. The lowest BCUT2D eigenvalue weighted by atomic mass is 10.1. The van der Waals surface area contributed by atoms with Gasteiger partial charge in [0.1, 0.15) is 12.4 Å². The fourth-order valence-electron chi connectivity index (χ4n) is 1.38. The molecule has 2 N–H and O–H groups in total. The van der Waals surface area contributed by atoms with Crippen LogP contribution in [0.3, 0.4) is 0 Å². The summed E-state index contributed by atoms with van der Waals surface area (Å²) in [5.41, 5.74) is 0.502. The molecule has 0 spiro atoms. The molecular weight excluding hydrogens is 233 g/mol. The minimum atomic E-state index is -3.16. The Balaban J connectivity index is 2.63. The van der Waals surface area contributed by atoms with Gasteiger partial charge in [-0.1, -0.05) is 6.92 Å². The minimum Gasteiger partial charge on any atom is -0.390 e. The smallest absolute Gasteiger partial charge is 0.282 e. The van der Waals surface area contributed by atoms with Crippen LogP contribution < -0.4 is 5.32 Å². The summed E-state index contributed by atoms with van der Waals surface area (Å²) in [7, 11) is 0. The van der Waals surface area contributed by atoms with Crippen molar-refractivity contribution in [2.75, 3.05) is 13.2 Å². The average Bonchev–Trinajstić information content (AvgIpc) is 2.32. The Labute approximate surface area is 97.7 Å². The molecule has 0 bridgehead atoms. The van der Waals surface area contributed by atoms with E-state index in [1.165, 1.54) is 12.1 Å². The molecule has 0 aliphatic carbocycles. The van der Waals surface area contributed by atoms with E-state index in [1.807, 2.05) is 0 Å². The van der Waals surface area contributed by atoms with Gasteiger partial charge in [-0.05, 0) is 18.6 Å². The highest BCUT2D eigenvalue weighted by atomic mass is 19.3. The SMILES string of the molecule is CCC(NCC(F)(F)CO)c1ccc(F)cn1. The third kappa shape index (κ3) is 4.32. The van der Waals surface area contributed by atoms with Gasteiger partial charge in [-0.25, -0.2) is 13.2 Å². The number of hydrogen-bond acceptors (Lipinski definition) is 3. The maximum atomic E-state index is 12.8. The average molecular weight is 248 g/mol. The fraction of sp³-hybridized carbons (Fsp3) is 0.545. The van der Waals surface area contributed by atoms with E-state index < -0.39 is 24.9 Å². The predicted octanol–water partition coefficient (Wildman–Crippen LogP) is 1.89. The van der Waals surface area contributed by atoms with E-state index in [0.29, 0.717) is 12.1 Å². The van der Waals surface area contributed by atoms with E-state index in [0.717, 1.165) is 6.20 Å². The number of aromatic nitrogens is 1. The second-order valence-corrected chi connectivity index (χ2v) is 3.76. The molecule has 1 aromatic rings.